The Bertz CT molecular complexity index is 1640. The summed E-state index contributed by atoms with van der Waals surface area (Å²) in [7, 11) is 0. The summed E-state index contributed by atoms with van der Waals surface area (Å²) in [5, 5.41) is 0. The Hall–Kier alpha value is -4.98. The Balaban J connectivity index is 0.885. The van der Waals surface area contributed by atoms with Gasteiger partial charge in [-0.05, 0) is 85.0 Å². The Kier molecular flexibility index (Phi) is 5.37. The molecule has 4 aliphatic carbocycles. The van der Waals surface area contributed by atoms with Crippen LogP contribution in [0.4, 0.5) is 11.4 Å². The molecule has 6 aliphatic rings. The van der Waals surface area contributed by atoms with E-state index in [1.807, 2.05) is 0 Å². The van der Waals surface area contributed by atoms with Crippen LogP contribution in [-0.2, 0) is 19.2 Å². The van der Waals surface area contributed by atoms with Gasteiger partial charge in [0.05, 0.1) is 35.0 Å². The molecule has 4 fully saturated rings. The van der Waals surface area contributed by atoms with Crippen LogP contribution in [0.1, 0.15) is 12.8 Å². The van der Waals surface area contributed by atoms with Crippen molar-refractivity contribution in [2.24, 2.45) is 47.3 Å². The first-order chi connectivity index (χ1) is 21.4. The average molecular weight is 585 g/mol. The van der Waals surface area contributed by atoms with E-state index < -0.39 is 0 Å². The van der Waals surface area contributed by atoms with Gasteiger partial charge >= 0.3 is 0 Å². The van der Waals surface area contributed by atoms with Gasteiger partial charge in [0.25, 0.3) is 0 Å². The highest BCUT2D eigenvalue weighted by molar-refractivity contribution is 6.23. The molecule has 2 saturated carbocycles. The lowest BCUT2D eigenvalue weighted by Crippen LogP contribution is -2.32. The van der Waals surface area contributed by atoms with Gasteiger partial charge < -0.3 is 9.47 Å². The molecule has 2 heterocycles. The van der Waals surface area contributed by atoms with E-state index in [4.69, 9.17) is 9.47 Å². The van der Waals surface area contributed by atoms with Crippen LogP contribution in [-0.4, -0.2) is 23.6 Å². The van der Waals surface area contributed by atoms with Crippen LogP contribution in [0, 0.1) is 47.3 Å². The number of fused-ring (bicyclic) bond motifs is 10. The highest BCUT2D eigenvalue weighted by atomic mass is 16.5. The quantitative estimate of drug-likeness (QED) is 0.265. The van der Waals surface area contributed by atoms with Crippen molar-refractivity contribution in [3.63, 3.8) is 0 Å². The Morgan fingerprint density at radius 3 is 1.14 bits per heavy atom. The van der Waals surface area contributed by atoms with Gasteiger partial charge in [0.1, 0.15) is 23.0 Å². The first-order valence-electron chi connectivity index (χ1n) is 15.2. The van der Waals surface area contributed by atoms with E-state index in [9.17, 15) is 19.2 Å². The molecule has 2 aliphatic heterocycles. The van der Waals surface area contributed by atoms with E-state index in [-0.39, 0.29) is 71.0 Å². The second-order valence-electron chi connectivity index (χ2n) is 12.7. The average Bonchev–Trinajstić information content (AvgIpc) is 3.87. The summed E-state index contributed by atoms with van der Waals surface area (Å²) in [6, 6.07) is 21.2. The number of carbonyl (C=O) groups is 4. The minimum atomic E-state index is -0.251. The highest BCUT2D eigenvalue weighted by Crippen LogP contribution is 2.54. The van der Waals surface area contributed by atoms with E-state index in [2.05, 4.69) is 24.3 Å². The summed E-state index contributed by atoms with van der Waals surface area (Å²) >= 11 is 0. The topological polar surface area (TPSA) is 93.2 Å². The van der Waals surface area contributed by atoms with E-state index in [0.29, 0.717) is 34.4 Å². The van der Waals surface area contributed by atoms with Crippen molar-refractivity contribution in [3.8, 4) is 23.0 Å². The van der Waals surface area contributed by atoms with Gasteiger partial charge in [-0.25, -0.2) is 9.80 Å². The SMILES string of the molecule is O=C1[C@@H]2[C@H](C(=O)N1c1cccc(Oc3ccc(Oc4cccc(N5C(=O)[C@H]6[C@H](C5=O)[C@H]5C=C[C@H]6C5)c4)cc3)c1)[C@H]1C=C[C@H]2C1. The molecule has 0 aromatic heterocycles. The number of ether oxygens (including phenoxy) is 2. The van der Waals surface area contributed by atoms with Gasteiger partial charge in [-0.2, -0.15) is 0 Å². The largest absolute Gasteiger partial charge is 0.457 e. The molecular formula is C36H28N2O6. The maximum absolute atomic E-state index is 13.2. The van der Waals surface area contributed by atoms with Crippen molar-refractivity contribution >= 4 is 35.0 Å². The van der Waals surface area contributed by atoms with E-state index in [1.54, 1.807) is 72.8 Å². The van der Waals surface area contributed by atoms with Crippen molar-refractivity contribution in [2.75, 3.05) is 9.80 Å². The molecule has 2 saturated heterocycles. The number of hydrogen-bond acceptors (Lipinski definition) is 6. The molecule has 3 aromatic carbocycles. The first kappa shape index (κ1) is 25.5. The maximum atomic E-state index is 13.2. The number of anilines is 2. The van der Waals surface area contributed by atoms with Crippen LogP contribution in [0.3, 0.4) is 0 Å². The molecule has 218 valence electrons. The first-order valence-corrected chi connectivity index (χ1v) is 15.2. The number of benzene rings is 3. The van der Waals surface area contributed by atoms with Gasteiger partial charge in [-0.3, -0.25) is 19.2 Å². The van der Waals surface area contributed by atoms with Crippen molar-refractivity contribution < 1.29 is 28.7 Å². The van der Waals surface area contributed by atoms with Crippen LogP contribution >= 0.6 is 0 Å². The molecule has 8 nitrogen and oxygen atoms in total. The molecule has 0 spiro atoms. The van der Waals surface area contributed by atoms with Crippen molar-refractivity contribution in [3.05, 3.63) is 97.1 Å². The molecule has 9 rings (SSSR count). The summed E-state index contributed by atoms with van der Waals surface area (Å²) in [5.74, 6) is 1.29. The van der Waals surface area contributed by atoms with Crippen molar-refractivity contribution in [2.45, 2.75) is 12.8 Å². The fraction of sp³-hybridized carbons (Fsp3) is 0.278. The predicted molar refractivity (Wildman–Crippen MR) is 160 cm³/mol. The summed E-state index contributed by atoms with van der Waals surface area (Å²) in [4.78, 5) is 55.6. The number of carbonyl (C=O) groups excluding carboxylic acids is 4. The van der Waals surface area contributed by atoms with E-state index in [0.717, 1.165) is 12.8 Å². The third-order valence-corrected chi connectivity index (χ3v) is 10.4. The number of nitrogens with zero attached hydrogens (tertiary/aromatic N) is 2. The second kappa shape index (κ2) is 9.26. The van der Waals surface area contributed by atoms with Crippen LogP contribution < -0.4 is 19.3 Å². The lowest BCUT2D eigenvalue weighted by atomic mass is 9.85. The van der Waals surface area contributed by atoms with Crippen LogP contribution in [0.25, 0.3) is 0 Å². The van der Waals surface area contributed by atoms with Crippen LogP contribution in [0.15, 0.2) is 97.1 Å². The molecule has 0 N–H and O–H groups in total. The third-order valence-electron chi connectivity index (χ3n) is 10.4. The summed E-state index contributed by atoms with van der Waals surface area (Å²) in [6.45, 7) is 0. The molecule has 0 radical (unpaired) electrons. The lowest BCUT2D eigenvalue weighted by Gasteiger charge is -2.18. The minimum absolute atomic E-state index is 0.120. The standard InChI is InChI=1S/C36H28N2O6/c39-33-29-19-7-8-20(15-19)30(29)34(40)37(33)23-3-1-5-27(17-23)43-25-11-13-26(14-12-25)44-28-6-2-4-24(18-28)38-35(41)31-21-9-10-22(16-21)32(31)36(38)42/h1-14,17-22,29-32H,15-16H2/t19-,20-,21-,22-,29-,30+,31+,32+/m0/s1. The zero-order valence-electron chi connectivity index (χ0n) is 23.6. The van der Waals surface area contributed by atoms with Gasteiger partial charge in [-0.15, -0.1) is 0 Å². The Morgan fingerprint density at radius 2 is 0.795 bits per heavy atom. The number of amides is 4. The van der Waals surface area contributed by atoms with Gasteiger partial charge in [0.15, 0.2) is 0 Å². The summed E-state index contributed by atoms with van der Waals surface area (Å²) < 4.78 is 12.1. The second-order valence-corrected chi connectivity index (χ2v) is 12.7. The van der Waals surface area contributed by atoms with Crippen molar-refractivity contribution in [1.82, 2.24) is 0 Å². The molecule has 8 atom stereocenters. The smallest absolute Gasteiger partial charge is 0.238 e. The van der Waals surface area contributed by atoms with Crippen LogP contribution in [0.5, 0.6) is 23.0 Å². The minimum Gasteiger partial charge on any atom is -0.457 e. The molecule has 3 aromatic rings. The molecule has 8 heteroatoms. The van der Waals surface area contributed by atoms with E-state index in [1.165, 1.54) is 9.80 Å². The van der Waals surface area contributed by atoms with Crippen LogP contribution in [0.2, 0.25) is 0 Å². The van der Waals surface area contributed by atoms with Gasteiger partial charge in [-0.1, -0.05) is 36.4 Å². The molecule has 4 bridgehead atoms. The van der Waals surface area contributed by atoms with Gasteiger partial charge in [0.2, 0.25) is 23.6 Å². The number of imide groups is 2. The van der Waals surface area contributed by atoms with Gasteiger partial charge in [0, 0.05) is 12.1 Å². The monoisotopic (exact) mass is 584 g/mol. The zero-order valence-corrected chi connectivity index (χ0v) is 23.6. The number of hydrogen-bond donors (Lipinski definition) is 0. The number of allylic oxidation sites excluding steroid dienone is 4. The van der Waals surface area contributed by atoms with E-state index >= 15 is 0 Å². The normalized spacial score (nSPS) is 32.3. The molecule has 44 heavy (non-hydrogen) atoms. The predicted octanol–water partition coefficient (Wildman–Crippen LogP) is 5.89. The fourth-order valence-electron chi connectivity index (χ4n) is 8.53. The number of rotatable bonds is 6. The molecular weight excluding hydrogens is 556 g/mol. The molecule has 4 amide bonds. The zero-order chi connectivity index (χ0) is 29.7. The summed E-state index contributed by atoms with van der Waals surface area (Å²) in [6.07, 6.45) is 10.1. The Labute approximate surface area is 253 Å². The van der Waals surface area contributed by atoms with Crippen molar-refractivity contribution in [1.29, 1.82) is 0 Å². The lowest BCUT2D eigenvalue weighted by molar-refractivity contribution is -0.124. The third kappa shape index (κ3) is 3.63. The molecule has 0 unspecified atom stereocenters. The maximum Gasteiger partial charge on any atom is 0.238 e. The summed E-state index contributed by atoms with van der Waals surface area (Å²) in [5.41, 5.74) is 1.04. The Morgan fingerprint density at radius 1 is 0.455 bits per heavy atom. The highest BCUT2D eigenvalue weighted by Gasteiger charge is 2.60. The fourth-order valence-corrected chi connectivity index (χ4v) is 8.53.